The third kappa shape index (κ3) is 5.48. The predicted molar refractivity (Wildman–Crippen MR) is 73.3 cm³/mol. The van der Waals surface area contributed by atoms with Crippen molar-refractivity contribution in [2.75, 3.05) is 32.1 Å². The molecule has 1 fully saturated rings. The van der Waals surface area contributed by atoms with E-state index in [1.165, 1.54) is 6.26 Å². The largest absolute Gasteiger partial charge is 0.305 e. The molecule has 1 unspecified atom stereocenters. The molecule has 0 heterocycles. The van der Waals surface area contributed by atoms with Gasteiger partial charge in [0.2, 0.25) is 0 Å². The van der Waals surface area contributed by atoms with Crippen molar-refractivity contribution in [1.29, 1.82) is 0 Å². The van der Waals surface area contributed by atoms with Gasteiger partial charge in [0.05, 0.1) is 5.75 Å². The highest BCUT2D eigenvalue weighted by Crippen LogP contribution is 2.36. The van der Waals surface area contributed by atoms with E-state index in [1.54, 1.807) is 0 Å². The molecule has 4 nitrogen and oxygen atoms in total. The molecule has 0 amide bonds. The van der Waals surface area contributed by atoms with Gasteiger partial charge in [-0.05, 0) is 25.3 Å². The lowest BCUT2D eigenvalue weighted by Crippen LogP contribution is -2.38. The first-order valence-electron chi connectivity index (χ1n) is 6.48. The van der Waals surface area contributed by atoms with Crippen LogP contribution in [0, 0.1) is 11.3 Å². The smallest absolute Gasteiger partial charge is 0.148 e. The topological polar surface area (TPSA) is 54.5 Å². The zero-order chi connectivity index (χ0) is 14.0. The van der Waals surface area contributed by atoms with E-state index in [4.69, 9.17) is 0 Å². The van der Waals surface area contributed by atoms with Crippen LogP contribution in [0.15, 0.2) is 0 Å². The van der Waals surface area contributed by atoms with Crippen molar-refractivity contribution in [1.82, 2.24) is 4.90 Å². The molecule has 1 saturated carbocycles. The number of rotatable bonds is 5. The highest BCUT2D eigenvalue weighted by atomic mass is 32.2. The van der Waals surface area contributed by atoms with Crippen LogP contribution in [0.4, 0.5) is 0 Å². The van der Waals surface area contributed by atoms with E-state index in [1.807, 2.05) is 11.9 Å². The van der Waals surface area contributed by atoms with Crippen LogP contribution in [0.1, 0.15) is 33.1 Å². The van der Waals surface area contributed by atoms with Crippen LogP contribution >= 0.6 is 0 Å². The molecule has 0 aromatic heterocycles. The third-order valence-electron chi connectivity index (χ3n) is 3.68. The molecule has 0 bridgehead atoms. The summed E-state index contributed by atoms with van der Waals surface area (Å²) in [7, 11) is -1.03. The maximum absolute atomic E-state index is 11.9. The summed E-state index contributed by atoms with van der Waals surface area (Å²) in [6.45, 7) is 5.58. The fourth-order valence-corrected chi connectivity index (χ4v) is 3.15. The average Bonchev–Trinajstić information content (AvgIpc) is 2.19. The number of hydrogen-bond donors (Lipinski definition) is 0. The standard InChI is InChI=1S/C13H25NO3S/c1-13(2)6-5-12(15)11(9-13)10-14(3)7-8-18(4,16)17/h11H,5-10H2,1-4H3. The zero-order valence-corrected chi connectivity index (χ0v) is 12.7. The highest BCUT2D eigenvalue weighted by molar-refractivity contribution is 7.90. The number of hydrogen-bond acceptors (Lipinski definition) is 4. The Morgan fingerprint density at radius 2 is 2.00 bits per heavy atom. The van der Waals surface area contributed by atoms with Gasteiger partial charge in [0, 0.05) is 31.7 Å². The molecular weight excluding hydrogens is 250 g/mol. The first-order valence-corrected chi connectivity index (χ1v) is 8.54. The monoisotopic (exact) mass is 275 g/mol. The van der Waals surface area contributed by atoms with E-state index in [0.717, 1.165) is 12.8 Å². The second-order valence-corrected chi connectivity index (χ2v) is 8.68. The molecule has 18 heavy (non-hydrogen) atoms. The predicted octanol–water partition coefficient (Wildman–Crippen LogP) is 1.36. The summed E-state index contributed by atoms with van der Waals surface area (Å²) in [6.07, 6.45) is 3.79. The van der Waals surface area contributed by atoms with Gasteiger partial charge in [0.15, 0.2) is 0 Å². The van der Waals surface area contributed by atoms with Crippen molar-refractivity contribution in [2.24, 2.45) is 11.3 Å². The second kappa shape index (κ2) is 5.70. The summed E-state index contributed by atoms with van der Waals surface area (Å²) in [6, 6.07) is 0. The SMILES string of the molecule is CN(CCS(C)(=O)=O)CC1CC(C)(C)CCC1=O. The van der Waals surface area contributed by atoms with Crippen molar-refractivity contribution in [2.45, 2.75) is 33.1 Å². The Hall–Kier alpha value is -0.420. The fraction of sp³-hybridized carbons (Fsp3) is 0.923. The molecule has 0 saturated heterocycles. The Balaban J connectivity index is 2.47. The van der Waals surface area contributed by atoms with E-state index in [0.29, 0.717) is 25.3 Å². The molecule has 0 aromatic carbocycles. The van der Waals surface area contributed by atoms with Gasteiger partial charge in [0.25, 0.3) is 0 Å². The summed E-state index contributed by atoms with van der Waals surface area (Å²) < 4.78 is 22.2. The lowest BCUT2D eigenvalue weighted by Gasteiger charge is -2.35. The van der Waals surface area contributed by atoms with Crippen LogP contribution in [0.5, 0.6) is 0 Å². The van der Waals surface area contributed by atoms with Gasteiger partial charge in [-0.2, -0.15) is 0 Å². The van der Waals surface area contributed by atoms with Crippen molar-refractivity contribution >= 4 is 15.6 Å². The van der Waals surface area contributed by atoms with E-state index < -0.39 is 9.84 Å². The van der Waals surface area contributed by atoms with Crippen LogP contribution in [-0.2, 0) is 14.6 Å². The number of nitrogens with zero attached hydrogens (tertiary/aromatic N) is 1. The van der Waals surface area contributed by atoms with Crippen molar-refractivity contribution in [3.05, 3.63) is 0 Å². The maximum Gasteiger partial charge on any atom is 0.148 e. The molecule has 0 N–H and O–H groups in total. The van der Waals surface area contributed by atoms with Crippen LogP contribution in [-0.4, -0.2) is 51.2 Å². The Morgan fingerprint density at radius 1 is 1.39 bits per heavy atom. The summed E-state index contributed by atoms with van der Waals surface area (Å²) in [4.78, 5) is 13.8. The number of Topliss-reactive ketones (excluding diaryl/α,β-unsaturated/α-hetero) is 1. The minimum atomic E-state index is -2.92. The lowest BCUT2D eigenvalue weighted by molar-refractivity contribution is -0.127. The molecule has 0 aromatic rings. The van der Waals surface area contributed by atoms with Gasteiger partial charge in [-0.25, -0.2) is 8.42 Å². The first kappa shape index (κ1) is 15.6. The molecule has 5 heteroatoms. The fourth-order valence-electron chi connectivity index (χ4n) is 2.50. The van der Waals surface area contributed by atoms with Gasteiger partial charge >= 0.3 is 0 Å². The van der Waals surface area contributed by atoms with Gasteiger partial charge in [-0.3, -0.25) is 4.79 Å². The lowest BCUT2D eigenvalue weighted by atomic mass is 9.71. The maximum atomic E-state index is 11.9. The summed E-state index contributed by atoms with van der Waals surface area (Å²) in [5, 5.41) is 0. The summed E-state index contributed by atoms with van der Waals surface area (Å²) >= 11 is 0. The van der Waals surface area contributed by atoms with E-state index in [-0.39, 0.29) is 17.1 Å². The Labute approximate surface area is 111 Å². The highest BCUT2D eigenvalue weighted by Gasteiger charge is 2.33. The summed E-state index contributed by atoms with van der Waals surface area (Å²) in [5.41, 5.74) is 0.232. The molecule has 1 rings (SSSR count). The van der Waals surface area contributed by atoms with Gasteiger partial charge in [0.1, 0.15) is 15.6 Å². The summed E-state index contributed by atoms with van der Waals surface area (Å²) in [5.74, 6) is 0.562. The molecular formula is C13H25NO3S. The minimum Gasteiger partial charge on any atom is -0.305 e. The van der Waals surface area contributed by atoms with E-state index >= 15 is 0 Å². The molecule has 1 aliphatic carbocycles. The van der Waals surface area contributed by atoms with Crippen molar-refractivity contribution in [3.8, 4) is 0 Å². The zero-order valence-electron chi connectivity index (χ0n) is 11.9. The molecule has 1 atom stereocenters. The quantitative estimate of drug-likeness (QED) is 0.760. The number of ketones is 1. The van der Waals surface area contributed by atoms with Gasteiger partial charge in [-0.1, -0.05) is 13.8 Å². The second-order valence-electron chi connectivity index (χ2n) is 6.42. The Kier molecular flexibility index (Phi) is 4.95. The van der Waals surface area contributed by atoms with Crippen LogP contribution in [0.25, 0.3) is 0 Å². The molecule has 0 aliphatic heterocycles. The molecule has 0 spiro atoms. The number of carbonyl (C=O) groups excluding carboxylic acids is 1. The van der Waals surface area contributed by atoms with Crippen molar-refractivity contribution < 1.29 is 13.2 Å². The number of carbonyl (C=O) groups is 1. The van der Waals surface area contributed by atoms with Crippen LogP contribution in [0.3, 0.4) is 0 Å². The van der Waals surface area contributed by atoms with E-state index in [2.05, 4.69) is 13.8 Å². The molecule has 1 aliphatic rings. The molecule has 0 radical (unpaired) electrons. The first-order chi connectivity index (χ1) is 8.09. The average molecular weight is 275 g/mol. The number of sulfone groups is 1. The van der Waals surface area contributed by atoms with Crippen molar-refractivity contribution in [3.63, 3.8) is 0 Å². The Bertz CT molecular complexity index is 400. The Morgan fingerprint density at radius 3 is 2.56 bits per heavy atom. The molecule has 106 valence electrons. The third-order valence-corrected chi connectivity index (χ3v) is 4.60. The van der Waals surface area contributed by atoms with Crippen LogP contribution < -0.4 is 0 Å². The van der Waals surface area contributed by atoms with Gasteiger partial charge < -0.3 is 4.90 Å². The van der Waals surface area contributed by atoms with Crippen LogP contribution in [0.2, 0.25) is 0 Å². The normalized spacial score (nSPS) is 24.5. The van der Waals surface area contributed by atoms with Gasteiger partial charge in [-0.15, -0.1) is 0 Å². The minimum absolute atomic E-state index is 0.0679. The van der Waals surface area contributed by atoms with E-state index in [9.17, 15) is 13.2 Å².